The van der Waals surface area contributed by atoms with Gasteiger partial charge in [0.1, 0.15) is 0 Å². The number of ether oxygens (including phenoxy) is 1. The van der Waals surface area contributed by atoms with Crippen molar-refractivity contribution in [2.75, 3.05) is 13.7 Å². The Hall–Kier alpha value is -2.04. The van der Waals surface area contributed by atoms with Gasteiger partial charge in [-0.2, -0.15) is 0 Å². The first-order chi connectivity index (χ1) is 11.3. The van der Waals surface area contributed by atoms with Gasteiger partial charge in [0.2, 0.25) is 0 Å². The summed E-state index contributed by atoms with van der Waals surface area (Å²) in [6.07, 6.45) is 0. The minimum absolute atomic E-state index is 0.0516. The average molecular weight is 325 g/mol. The van der Waals surface area contributed by atoms with Gasteiger partial charge in [0, 0.05) is 18.2 Å². The highest BCUT2D eigenvalue weighted by atomic mass is 32.2. The van der Waals surface area contributed by atoms with Crippen molar-refractivity contribution in [3.63, 3.8) is 0 Å². The molecule has 0 saturated heterocycles. The van der Waals surface area contributed by atoms with Gasteiger partial charge in [0.15, 0.2) is 0 Å². The van der Waals surface area contributed by atoms with E-state index in [1.54, 1.807) is 18.9 Å². The molecule has 0 aliphatic rings. The van der Waals surface area contributed by atoms with Gasteiger partial charge < -0.3 is 9.30 Å². The zero-order chi connectivity index (χ0) is 16.1. The maximum Gasteiger partial charge on any atom is 0.259 e. The molecule has 118 valence electrons. The van der Waals surface area contributed by atoms with Crippen molar-refractivity contribution in [1.82, 2.24) is 4.57 Å². The SMILES string of the molecule is COCCn1c(SCc2ccccc2)cc2ccccc2c1=O. The van der Waals surface area contributed by atoms with Crippen LogP contribution in [0.25, 0.3) is 10.8 Å². The van der Waals surface area contributed by atoms with Crippen molar-refractivity contribution in [2.24, 2.45) is 0 Å². The monoisotopic (exact) mass is 325 g/mol. The maximum atomic E-state index is 12.8. The summed E-state index contributed by atoms with van der Waals surface area (Å²) < 4.78 is 6.98. The van der Waals surface area contributed by atoms with Crippen molar-refractivity contribution in [1.29, 1.82) is 0 Å². The molecule has 0 radical (unpaired) electrons. The average Bonchev–Trinajstić information content (AvgIpc) is 2.60. The Balaban J connectivity index is 1.97. The van der Waals surface area contributed by atoms with E-state index in [0.29, 0.717) is 13.2 Å². The normalized spacial score (nSPS) is 11.0. The Morgan fingerprint density at radius 3 is 2.57 bits per heavy atom. The van der Waals surface area contributed by atoms with Crippen LogP contribution in [0.4, 0.5) is 0 Å². The Labute approximate surface area is 139 Å². The molecule has 0 spiro atoms. The maximum absolute atomic E-state index is 12.8. The minimum atomic E-state index is 0.0516. The summed E-state index contributed by atoms with van der Waals surface area (Å²) in [5.74, 6) is 0.839. The second-order valence-corrected chi connectivity index (χ2v) is 6.29. The third-order valence-corrected chi connectivity index (χ3v) is 4.84. The molecule has 0 unspecified atom stereocenters. The Morgan fingerprint density at radius 2 is 1.78 bits per heavy atom. The van der Waals surface area contributed by atoms with Gasteiger partial charge in [0.25, 0.3) is 5.56 Å². The van der Waals surface area contributed by atoms with Gasteiger partial charge in [-0.1, -0.05) is 48.5 Å². The number of methoxy groups -OCH3 is 1. The Bertz CT molecular complexity index is 843. The summed E-state index contributed by atoms with van der Waals surface area (Å²) >= 11 is 1.69. The summed E-state index contributed by atoms with van der Waals surface area (Å²) in [6.45, 7) is 1.09. The number of benzene rings is 2. The van der Waals surface area contributed by atoms with Crippen LogP contribution in [0.5, 0.6) is 0 Å². The Morgan fingerprint density at radius 1 is 1.04 bits per heavy atom. The third-order valence-electron chi connectivity index (χ3n) is 3.73. The number of thioether (sulfide) groups is 1. The first-order valence-electron chi connectivity index (χ1n) is 7.58. The van der Waals surface area contributed by atoms with Crippen molar-refractivity contribution in [3.8, 4) is 0 Å². The fourth-order valence-corrected chi connectivity index (χ4v) is 3.57. The van der Waals surface area contributed by atoms with Crippen LogP contribution in [0.1, 0.15) is 5.56 Å². The number of hydrogen-bond acceptors (Lipinski definition) is 3. The molecule has 3 nitrogen and oxygen atoms in total. The van der Waals surface area contributed by atoms with Gasteiger partial charge in [-0.3, -0.25) is 4.79 Å². The molecule has 2 aromatic carbocycles. The number of rotatable bonds is 6. The van der Waals surface area contributed by atoms with Crippen LogP contribution < -0.4 is 5.56 Å². The van der Waals surface area contributed by atoms with E-state index in [2.05, 4.69) is 18.2 Å². The van der Waals surface area contributed by atoms with Gasteiger partial charge in [-0.25, -0.2) is 0 Å². The summed E-state index contributed by atoms with van der Waals surface area (Å²) in [5.41, 5.74) is 1.30. The van der Waals surface area contributed by atoms with Gasteiger partial charge in [-0.05, 0) is 23.1 Å². The number of pyridine rings is 1. The van der Waals surface area contributed by atoms with Crippen LogP contribution in [0.3, 0.4) is 0 Å². The number of aromatic nitrogens is 1. The van der Waals surface area contributed by atoms with E-state index in [0.717, 1.165) is 21.6 Å². The van der Waals surface area contributed by atoms with E-state index in [-0.39, 0.29) is 5.56 Å². The van der Waals surface area contributed by atoms with Crippen molar-refractivity contribution >= 4 is 22.5 Å². The van der Waals surface area contributed by atoms with Gasteiger partial charge >= 0.3 is 0 Å². The molecule has 0 aliphatic heterocycles. The van der Waals surface area contributed by atoms with Crippen LogP contribution in [0.2, 0.25) is 0 Å². The summed E-state index contributed by atoms with van der Waals surface area (Å²) in [6, 6.07) is 20.1. The molecule has 1 aromatic heterocycles. The lowest BCUT2D eigenvalue weighted by Crippen LogP contribution is -2.23. The summed E-state index contributed by atoms with van der Waals surface area (Å²) in [4.78, 5) is 12.8. The van der Waals surface area contributed by atoms with Crippen LogP contribution in [0, 0.1) is 0 Å². The highest BCUT2D eigenvalue weighted by Gasteiger charge is 2.09. The van der Waals surface area contributed by atoms with Crippen molar-refractivity contribution < 1.29 is 4.74 Å². The van der Waals surface area contributed by atoms with Crippen LogP contribution >= 0.6 is 11.8 Å². The predicted molar refractivity (Wildman–Crippen MR) is 96.1 cm³/mol. The van der Waals surface area contributed by atoms with Crippen LogP contribution in [0.15, 0.2) is 70.5 Å². The molecule has 23 heavy (non-hydrogen) atoms. The molecule has 1 heterocycles. The number of nitrogens with zero attached hydrogens (tertiary/aromatic N) is 1. The van der Waals surface area contributed by atoms with E-state index in [1.165, 1.54) is 5.56 Å². The van der Waals surface area contributed by atoms with E-state index >= 15 is 0 Å². The molecule has 0 fully saturated rings. The van der Waals surface area contributed by atoms with Crippen LogP contribution in [-0.4, -0.2) is 18.3 Å². The smallest absolute Gasteiger partial charge is 0.259 e. The van der Waals surface area contributed by atoms with Gasteiger partial charge in [-0.15, -0.1) is 11.8 Å². The lowest BCUT2D eigenvalue weighted by Gasteiger charge is -2.14. The first-order valence-corrected chi connectivity index (χ1v) is 8.56. The summed E-state index contributed by atoms with van der Waals surface area (Å²) in [5, 5.41) is 2.73. The second-order valence-electron chi connectivity index (χ2n) is 5.29. The molecule has 0 amide bonds. The second kappa shape index (κ2) is 7.49. The van der Waals surface area contributed by atoms with E-state index in [4.69, 9.17) is 4.74 Å². The molecule has 3 rings (SSSR count). The standard InChI is InChI=1S/C19H19NO2S/c1-22-12-11-20-18(23-14-15-7-3-2-4-8-15)13-16-9-5-6-10-17(16)19(20)21/h2-10,13H,11-12,14H2,1H3. The largest absolute Gasteiger partial charge is 0.383 e. The lowest BCUT2D eigenvalue weighted by atomic mass is 10.2. The fraction of sp³-hybridized carbons (Fsp3) is 0.211. The molecule has 0 N–H and O–H groups in total. The van der Waals surface area contributed by atoms with E-state index in [9.17, 15) is 4.79 Å². The highest BCUT2D eigenvalue weighted by Crippen LogP contribution is 2.24. The van der Waals surface area contributed by atoms with Crippen LogP contribution in [-0.2, 0) is 17.0 Å². The molecule has 0 saturated carbocycles. The predicted octanol–water partition coefficient (Wildman–Crippen LogP) is 3.94. The molecule has 4 heteroatoms. The highest BCUT2D eigenvalue weighted by molar-refractivity contribution is 7.98. The number of hydrogen-bond donors (Lipinski definition) is 0. The lowest BCUT2D eigenvalue weighted by molar-refractivity contribution is 0.184. The van der Waals surface area contributed by atoms with E-state index < -0.39 is 0 Å². The topological polar surface area (TPSA) is 31.2 Å². The van der Waals surface area contributed by atoms with Crippen molar-refractivity contribution in [2.45, 2.75) is 17.3 Å². The molecular weight excluding hydrogens is 306 g/mol. The minimum Gasteiger partial charge on any atom is -0.383 e. The molecular formula is C19H19NO2S. The number of fused-ring (bicyclic) bond motifs is 1. The molecule has 0 atom stereocenters. The molecule has 0 aliphatic carbocycles. The zero-order valence-electron chi connectivity index (χ0n) is 13.1. The molecule has 3 aromatic rings. The zero-order valence-corrected chi connectivity index (χ0v) is 13.9. The Kier molecular flexibility index (Phi) is 5.16. The summed E-state index contributed by atoms with van der Waals surface area (Å²) in [7, 11) is 1.66. The fourth-order valence-electron chi connectivity index (χ4n) is 2.52. The quantitative estimate of drug-likeness (QED) is 0.643. The molecule has 0 bridgehead atoms. The van der Waals surface area contributed by atoms with E-state index in [1.807, 2.05) is 47.0 Å². The third kappa shape index (κ3) is 3.66. The first kappa shape index (κ1) is 15.8. The van der Waals surface area contributed by atoms with Crippen molar-refractivity contribution in [3.05, 3.63) is 76.6 Å². The van der Waals surface area contributed by atoms with Gasteiger partial charge in [0.05, 0.1) is 18.2 Å².